The quantitative estimate of drug-likeness (QED) is 0.439. The molecule has 0 saturated heterocycles. The van der Waals surface area contributed by atoms with E-state index in [9.17, 15) is 13.6 Å². The van der Waals surface area contributed by atoms with Gasteiger partial charge in [-0.05, 0) is 73.7 Å². The Hall–Kier alpha value is -2.19. The number of amides is 1. The molecule has 5 nitrogen and oxygen atoms in total. The number of aromatic nitrogens is 1. The van der Waals surface area contributed by atoms with E-state index in [1.165, 1.54) is 57.8 Å². The molecule has 0 radical (unpaired) electrons. The van der Waals surface area contributed by atoms with Gasteiger partial charge in [-0.3, -0.25) is 9.93 Å². The van der Waals surface area contributed by atoms with Crippen LogP contribution >= 0.6 is 11.9 Å². The van der Waals surface area contributed by atoms with Gasteiger partial charge in [-0.2, -0.15) is 4.39 Å². The number of rotatable bonds is 5. The third-order valence-electron chi connectivity index (χ3n) is 6.47. The van der Waals surface area contributed by atoms with Crippen LogP contribution in [0.4, 0.5) is 14.5 Å². The van der Waals surface area contributed by atoms with Gasteiger partial charge in [0, 0.05) is 17.8 Å². The Kier molecular flexibility index (Phi) is 12.3. The first-order chi connectivity index (χ1) is 16.5. The fraction of sp³-hybridized carbons (Fsp3) is 0.538. The van der Waals surface area contributed by atoms with Crippen LogP contribution < -0.4 is 15.2 Å². The summed E-state index contributed by atoms with van der Waals surface area (Å²) in [5.41, 5.74) is 0.797. The first-order valence-electron chi connectivity index (χ1n) is 12.1. The Bertz CT molecular complexity index is 886. The molecule has 4 rings (SSSR count). The Labute approximate surface area is 206 Å². The van der Waals surface area contributed by atoms with Gasteiger partial charge in [-0.15, -0.1) is 0 Å². The normalized spacial score (nSPS) is 19.8. The fourth-order valence-corrected chi connectivity index (χ4v) is 5.04. The minimum absolute atomic E-state index is 0.0694. The number of pyridine rings is 1. The highest BCUT2D eigenvalue weighted by Crippen LogP contribution is 2.41. The summed E-state index contributed by atoms with van der Waals surface area (Å²) in [6.07, 6.45) is 11.9. The third-order valence-corrected chi connectivity index (χ3v) is 6.93. The number of hydrogen-bond donors (Lipinski definition) is 2. The van der Waals surface area contributed by atoms with Crippen molar-refractivity contribution in [3.8, 4) is 5.75 Å². The van der Waals surface area contributed by atoms with Crippen molar-refractivity contribution >= 4 is 23.5 Å². The van der Waals surface area contributed by atoms with E-state index in [1.807, 2.05) is 26.0 Å². The number of carbonyl (C=O) groups excluding carboxylic acids is 1. The number of halogens is 2. The maximum absolute atomic E-state index is 12.5. The summed E-state index contributed by atoms with van der Waals surface area (Å²) in [4.78, 5) is 16.5. The van der Waals surface area contributed by atoms with Crippen LogP contribution in [0.25, 0.3) is 0 Å². The maximum Gasteiger partial charge on any atom is 0.227 e. The van der Waals surface area contributed by atoms with E-state index in [0.717, 1.165) is 53.4 Å². The molecule has 2 aromatic rings. The van der Waals surface area contributed by atoms with Gasteiger partial charge >= 0.3 is 0 Å². The minimum Gasteiger partial charge on any atom is -0.494 e. The Morgan fingerprint density at radius 1 is 1.06 bits per heavy atom. The van der Waals surface area contributed by atoms with Crippen LogP contribution in [0, 0.1) is 29.4 Å². The van der Waals surface area contributed by atoms with Crippen molar-refractivity contribution in [3.05, 3.63) is 48.2 Å². The summed E-state index contributed by atoms with van der Waals surface area (Å²) in [5, 5.41) is 9.26. The predicted molar refractivity (Wildman–Crippen MR) is 135 cm³/mol. The van der Waals surface area contributed by atoms with Crippen molar-refractivity contribution in [2.45, 2.75) is 70.2 Å². The van der Waals surface area contributed by atoms with E-state index in [4.69, 9.17) is 5.14 Å². The molecule has 2 aliphatic rings. The van der Waals surface area contributed by atoms with Gasteiger partial charge in [0.1, 0.15) is 5.03 Å². The molecule has 1 aromatic carbocycles. The van der Waals surface area contributed by atoms with Gasteiger partial charge in [0.2, 0.25) is 11.7 Å². The molecule has 188 valence electrons. The largest absolute Gasteiger partial charge is 0.494 e. The third kappa shape index (κ3) is 8.24. The molecule has 2 saturated carbocycles. The summed E-state index contributed by atoms with van der Waals surface area (Å²) in [7, 11) is 1.29. The molecule has 0 atom stereocenters. The summed E-state index contributed by atoms with van der Waals surface area (Å²) in [6.45, 7) is 4.00. The molecule has 0 unspecified atom stereocenters. The van der Waals surface area contributed by atoms with Crippen molar-refractivity contribution in [1.29, 1.82) is 0 Å². The molecule has 0 bridgehead atoms. The molecule has 1 heterocycles. The average molecular weight is 494 g/mol. The van der Waals surface area contributed by atoms with Crippen molar-refractivity contribution in [2.24, 2.45) is 22.9 Å². The highest BCUT2D eigenvalue weighted by Gasteiger charge is 2.31. The van der Waals surface area contributed by atoms with Crippen LogP contribution in [0.3, 0.4) is 0 Å². The lowest BCUT2D eigenvalue weighted by Gasteiger charge is -2.31. The number of nitrogens with one attached hydrogen (secondary N) is 1. The number of hydrogen-bond acceptors (Lipinski definition) is 5. The summed E-state index contributed by atoms with van der Waals surface area (Å²) >= 11 is 1.10. The number of methoxy groups -OCH3 is 1. The van der Waals surface area contributed by atoms with Gasteiger partial charge in [0.25, 0.3) is 0 Å². The standard InChI is InChI=1S/C17H25N3OS.C7H6F2O.C2H6/c18-22-16-11-15(9-10-19-16)20-17(21)14-7-5-13(6-8-14)12-3-1-2-4-12;1-10-6-4-2-3-5(8)7(6)9;1-2/h9-14H,1-8,18H2,(H,19,20,21);2-4H,1H3;1-2H3. The number of anilines is 1. The molecule has 0 aliphatic heterocycles. The predicted octanol–water partition coefficient (Wildman–Crippen LogP) is 6.98. The lowest BCUT2D eigenvalue weighted by molar-refractivity contribution is -0.121. The SMILES string of the molecule is CC.COc1cccc(F)c1F.NSc1cc(NC(=O)C2CCC(C3CCCC3)CC2)ccn1. The van der Waals surface area contributed by atoms with Crippen LogP contribution in [0.1, 0.15) is 65.2 Å². The molecule has 2 aliphatic carbocycles. The molecule has 0 spiro atoms. The van der Waals surface area contributed by atoms with E-state index < -0.39 is 11.6 Å². The van der Waals surface area contributed by atoms with Crippen LogP contribution in [0.15, 0.2) is 41.6 Å². The zero-order valence-corrected chi connectivity index (χ0v) is 21.2. The number of carbonyl (C=O) groups is 1. The Morgan fingerprint density at radius 2 is 1.71 bits per heavy atom. The molecular weight excluding hydrogens is 456 g/mol. The van der Waals surface area contributed by atoms with Crippen molar-refractivity contribution in [2.75, 3.05) is 12.4 Å². The first-order valence-corrected chi connectivity index (χ1v) is 13.0. The van der Waals surface area contributed by atoms with Gasteiger partial charge in [0.15, 0.2) is 11.6 Å². The Morgan fingerprint density at radius 3 is 2.29 bits per heavy atom. The smallest absolute Gasteiger partial charge is 0.227 e. The van der Waals surface area contributed by atoms with Crippen LogP contribution in [0.5, 0.6) is 5.75 Å². The van der Waals surface area contributed by atoms with E-state index in [2.05, 4.69) is 15.0 Å². The molecule has 2 fully saturated rings. The van der Waals surface area contributed by atoms with E-state index in [-0.39, 0.29) is 17.6 Å². The zero-order chi connectivity index (χ0) is 24.9. The summed E-state index contributed by atoms with van der Waals surface area (Å²) < 4.78 is 29.3. The van der Waals surface area contributed by atoms with Crippen LogP contribution in [-0.2, 0) is 4.79 Å². The van der Waals surface area contributed by atoms with Gasteiger partial charge < -0.3 is 10.1 Å². The molecule has 34 heavy (non-hydrogen) atoms. The monoisotopic (exact) mass is 493 g/mol. The summed E-state index contributed by atoms with van der Waals surface area (Å²) in [6, 6.07) is 7.43. The minimum atomic E-state index is -0.940. The Balaban J connectivity index is 0.000000286. The van der Waals surface area contributed by atoms with E-state index in [0.29, 0.717) is 0 Å². The second kappa shape index (κ2) is 14.9. The lowest BCUT2D eigenvalue weighted by Crippen LogP contribution is -2.29. The van der Waals surface area contributed by atoms with Crippen LogP contribution in [0.2, 0.25) is 0 Å². The molecule has 1 amide bonds. The second-order valence-electron chi connectivity index (χ2n) is 8.40. The molecule has 1 aromatic heterocycles. The van der Waals surface area contributed by atoms with Gasteiger partial charge in [-0.1, -0.05) is 45.6 Å². The number of benzene rings is 1. The second-order valence-corrected chi connectivity index (χ2v) is 9.06. The molecule has 3 N–H and O–H groups in total. The highest BCUT2D eigenvalue weighted by atomic mass is 32.2. The number of ether oxygens (including phenoxy) is 1. The number of nitrogens with two attached hydrogens (primary N) is 1. The maximum atomic E-state index is 12.5. The average Bonchev–Trinajstić information content (AvgIpc) is 3.43. The molecular formula is C26H37F2N3O2S. The zero-order valence-electron chi connectivity index (χ0n) is 20.4. The first kappa shape index (κ1) is 28.1. The van der Waals surface area contributed by atoms with Crippen molar-refractivity contribution in [3.63, 3.8) is 0 Å². The molecule has 8 heteroatoms. The van der Waals surface area contributed by atoms with Crippen molar-refractivity contribution in [1.82, 2.24) is 4.98 Å². The van der Waals surface area contributed by atoms with Gasteiger partial charge in [0.05, 0.1) is 7.11 Å². The van der Waals surface area contributed by atoms with E-state index in [1.54, 1.807) is 6.20 Å². The topological polar surface area (TPSA) is 77.2 Å². The number of nitrogens with zero attached hydrogens (tertiary/aromatic N) is 1. The van der Waals surface area contributed by atoms with Gasteiger partial charge in [-0.25, -0.2) is 9.37 Å². The lowest BCUT2D eigenvalue weighted by atomic mass is 9.75. The van der Waals surface area contributed by atoms with Crippen molar-refractivity contribution < 1.29 is 18.3 Å². The fourth-order valence-electron chi connectivity index (χ4n) is 4.72. The highest BCUT2D eigenvalue weighted by molar-refractivity contribution is 7.97. The van der Waals surface area contributed by atoms with Crippen LogP contribution in [-0.4, -0.2) is 18.0 Å². The summed E-state index contributed by atoms with van der Waals surface area (Å²) in [5.74, 6) is 0.231. The van der Waals surface area contributed by atoms with E-state index >= 15 is 0 Å².